The van der Waals surface area contributed by atoms with E-state index in [0.29, 0.717) is 19.1 Å². The van der Waals surface area contributed by atoms with E-state index in [0.717, 1.165) is 0 Å². The van der Waals surface area contributed by atoms with Crippen molar-refractivity contribution in [2.75, 3.05) is 13.2 Å². The van der Waals surface area contributed by atoms with Crippen LogP contribution in [0.3, 0.4) is 0 Å². The van der Waals surface area contributed by atoms with Crippen LogP contribution < -0.4 is 0 Å². The number of hydrogen-bond donors (Lipinski definition) is 1. The highest BCUT2D eigenvalue weighted by Crippen LogP contribution is 2.30. The Morgan fingerprint density at radius 2 is 2.20 bits per heavy atom. The summed E-state index contributed by atoms with van der Waals surface area (Å²) in [5.74, 6) is 0.305. The molecule has 2 saturated heterocycles. The number of azide groups is 1. The van der Waals surface area contributed by atoms with Gasteiger partial charge >= 0.3 is 0 Å². The summed E-state index contributed by atoms with van der Waals surface area (Å²) < 4.78 is 22.2. The van der Waals surface area contributed by atoms with Crippen molar-refractivity contribution in [3.63, 3.8) is 0 Å². The molecule has 2 aliphatic rings. The van der Waals surface area contributed by atoms with Gasteiger partial charge in [0, 0.05) is 4.91 Å². The molecule has 6 atom stereocenters. The minimum Gasteiger partial charge on any atom is -0.390 e. The lowest BCUT2D eigenvalue weighted by molar-refractivity contribution is -0.336. The third-order valence-corrected chi connectivity index (χ3v) is 3.26. The molecule has 0 bridgehead atoms. The average molecular weight is 287 g/mol. The van der Waals surface area contributed by atoms with E-state index in [1.807, 2.05) is 13.8 Å². The van der Waals surface area contributed by atoms with E-state index in [1.54, 1.807) is 6.92 Å². The lowest BCUT2D eigenvalue weighted by atomic mass is 9.96. The highest BCUT2D eigenvalue weighted by molar-refractivity contribution is 4.96. The molecule has 0 saturated carbocycles. The van der Waals surface area contributed by atoms with E-state index in [9.17, 15) is 5.11 Å². The molecule has 6 unspecified atom stereocenters. The first kappa shape index (κ1) is 15.5. The van der Waals surface area contributed by atoms with E-state index in [1.165, 1.54) is 0 Å². The highest BCUT2D eigenvalue weighted by Gasteiger charge is 2.48. The first-order valence-electron chi connectivity index (χ1n) is 6.79. The summed E-state index contributed by atoms with van der Waals surface area (Å²) in [6, 6.07) is -0.828. The molecule has 114 valence electrons. The molecule has 1 N–H and O–H groups in total. The van der Waals surface area contributed by atoms with Crippen LogP contribution in [0.5, 0.6) is 0 Å². The van der Waals surface area contributed by atoms with Gasteiger partial charge in [0.05, 0.1) is 19.3 Å². The van der Waals surface area contributed by atoms with Crippen LogP contribution in [0.2, 0.25) is 0 Å². The maximum atomic E-state index is 10.3. The second kappa shape index (κ2) is 6.71. The van der Waals surface area contributed by atoms with Gasteiger partial charge < -0.3 is 24.1 Å². The first-order valence-corrected chi connectivity index (χ1v) is 6.79. The van der Waals surface area contributed by atoms with Gasteiger partial charge in [-0.15, -0.1) is 0 Å². The van der Waals surface area contributed by atoms with E-state index in [-0.39, 0.29) is 0 Å². The van der Waals surface area contributed by atoms with Gasteiger partial charge in [-0.05, 0) is 18.4 Å². The third kappa shape index (κ3) is 3.41. The summed E-state index contributed by atoms with van der Waals surface area (Å²) in [4.78, 5) is 2.76. The summed E-state index contributed by atoms with van der Waals surface area (Å²) in [6.45, 7) is 6.50. The molecular weight excluding hydrogens is 266 g/mol. The molecule has 2 fully saturated rings. The Labute approximate surface area is 117 Å². The van der Waals surface area contributed by atoms with Crippen molar-refractivity contribution in [1.29, 1.82) is 0 Å². The normalized spacial score (nSPS) is 41.0. The minimum absolute atomic E-state index is 0.305. The molecule has 0 aromatic carbocycles. The molecule has 0 radical (unpaired) electrons. The molecule has 8 nitrogen and oxygen atoms in total. The quantitative estimate of drug-likeness (QED) is 0.475. The number of nitrogens with zero attached hydrogens (tertiary/aromatic N) is 3. The third-order valence-electron chi connectivity index (χ3n) is 3.26. The van der Waals surface area contributed by atoms with Crippen molar-refractivity contribution in [1.82, 2.24) is 0 Å². The Morgan fingerprint density at radius 3 is 2.85 bits per heavy atom. The van der Waals surface area contributed by atoms with Crippen LogP contribution in [-0.4, -0.2) is 55.3 Å². The van der Waals surface area contributed by atoms with Crippen LogP contribution in [0.1, 0.15) is 20.8 Å². The predicted molar refractivity (Wildman–Crippen MR) is 68.7 cm³/mol. The maximum Gasteiger partial charge on any atom is 0.169 e. The molecule has 2 rings (SSSR count). The van der Waals surface area contributed by atoms with E-state index >= 15 is 0 Å². The van der Waals surface area contributed by atoms with E-state index < -0.39 is 36.9 Å². The molecule has 2 aliphatic heterocycles. The average Bonchev–Trinajstić information content (AvgIpc) is 2.41. The summed E-state index contributed by atoms with van der Waals surface area (Å²) in [5, 5.41) is 13.9. The fourth-order valence-corrected chi connectivity index (χ4v) is 2.31. The second-order valence-corrected chi connectivity index (χ2v) is 5.46. The standard InChI is InChI=1S/C12H21N3O5/c1-6(2)4-18-12-9(14-15-13)10(16)11-8(20-12)5-17-7(3)19-11/h6-12,16H,4-5H2,1-3H3. The lowest BCUT2D eigenvalue weighted by Crippen LogP contribution is -2.62. The van der Waals surface area contributed by atoms with Crippen LogP contribution in [0.25, 0.3) is 10.4 Å². The van der Waals surface area contributed by atoms with E-state index in [4.69, 9.17) is 24.5 Å². The molecule has 0 aliphatic carbocycles. The molecule has 20 heavy (non-hydrogen) atoms. The fraction of sp³-hybridized carbons (Fsp3) is 1.00. The van der Waals surface area contributed by atoms with Gasteiger partial charge in [0.25, 0.3) is 0 Å². The Hall–Kier alpha value is -0.890. The van der Waals surface area contributed by atoms with Gasteiger partial charge in [0.1, 0.15) is 18.2 Å². The Kier molecular flexibility index (Phi) is 5.20. The molecule has 8 heteroatoms. The van der Waals surface area contributed by atoms with Gasteiger partial charge in [-0.25, -0.2) is 0 Å². The number of hydrogen-bond acceptors (Lipinski definition) is 6. The molecule has 0 spiro atoms. The number of fused-ring (bicyclic) bond motifs is 1. The first-order chi connectivity index (χ1) is 9.52. The van der Waals surface area contributed by atoms with Crippen LogP contribution in [0, 0.1) is 5.92 Å². The topological polar surface area (TPSA) is 106 Å². The number of aliphatic hydroxyl groups is 1. The fourth-order valence-electron chi connectivity index (χ4n) is 2.31. The Balaban J connectivity index is 2.10. The molecule has 0 amide bonds. The monoisotopic (exact) mass is 287 g/mol. The van der Waals surface area contributed by atoms with Crippen molar-refractivity contribution in [2.24, 2.45) is 11.0 Å². The van der Waals surface area contributed by atoms with Crippen molar-refractivity contribution in [2.45, 2.75) is 57.7 Å². The van der Waals surface area contributed by atoms with Crippen LogP contribution >= 0.6 is 0 Å². The maximum absolute atomic E-state index is 10.3. The van der Waals surface area contributed by atoms with Gasteiger partial charge in [-0.1, -0.05) is 19.0 Å². The van der Waals surface area contributed by atoms with Crippen molar-refractivity contribution in [3.8, 4) is 0 Å². The number of aliphatic hydroxyl groups excluding tert-OH is 1. The largest absolute Gasteiger partial charge is 0.390 e. The van der Waals surface area contributed by atoms with Crippen molar-refractivity contribution >= 4 is 0 Å². The van der Waals surface area contributed by atoms with Gasteiger partial charge in [-0.2, -0.15) is 0 Å². The number of rotatable bonds is 4. The van der Waals surface area contributed by atoms with Crippen molar-refractivity contribution in [3.05, 3.63) is 10.4 Å². The van der Waals surface area contributed by atoms with Gasteiger partial charge in [0.15, 0.2) is 12.6 Å². The highest BCUT2D eigenvalue weighted by atomic mass is 16.7. The summed E-state index contributed by atoms with van der Waals surface area (Å²) in [5.41, 5.74) is 8.65. The lowest BCUT2D eigenvalue weighted by Gasteiger charge is -2.46. The van der Waals surface area contributed by atoms with Gasteiger partial charge in [0.2, 0.25) is 0 Å². The zero-order valence-corrected chi connectivity index (χ0v) is 11.9. The van der Waals surface area contributed by atoms with E-state index in [2.05, 4.69) is 10.0 Å². The van der Waals surface area contributed by atoms with Crippen molar-refractivity contribution < 1.29 is 24.1 Å². The summed E-state index contributed by atoms with van der Waals surface area (Å²) in [7, 11) is 0. The van der Waals surface area contributed by atoms with Crippen LogP contribution in [0.15, 0.2) is 5.11 Å². The SMILES string of the molecule is CC(C)COC1OC2COC(C)OC2C(O)C1N=[N+]=[N-]. The van der Waals surface area contributed by atoms with Crippen LogP contribution in [0.4, 0.5) is 0 Å². The summed E-state index contributed by atoms with van der Waals surface area (Å²) in [6.07, 6.45) is -3.19. The molecular formula is C12H21N3O5. The predicted octanol–water partition coefficient (Wildman–Crippen LogP) is 1.19. The zero-order valence-electron chi connectivity index (χ0n) is 11.9. The Morgan fingerprint density at radius 1 is 1.45 bits per heavy atom. The summed E-state index contributed by atoms with van der Waals surface area (Å²) >= 11 is 0. The van der Waals surface area contributed by atoms with Crippen LogP contribution in [-0.2, 0) is 18.9 Å². The Bertz CT molecular complexity index is 374. The number of ether oxygens (including phenoxy) is 4. The molecule has 0 aromatic rings. The molecule has 2 heterocycles. The molecule has 0 aromatic heterocycles. The minimum atomic E-state index is -0.979. The second-order valence-electron chi connectivity index (χ2n) is 5.46. The van der Waals surface area contributed by atoms with Gasteiger partial charge in [-0.3, -0.25) is 0 Å². The zero-order chi connectivity index (χ0) is 14.7. The smallest absolute Gasteiger partial charge is 0.169 e.